The molecule has 0 amide bonds. The summed E-state index contributed by atoms with van der Waals surface area (Å²) in [6.07, 6.45) is 9.75. The molecule has 88 valence electrons. The molecule has 16 heavy (non-hydrogen) atoms. The zero-order valence-corrected chi connectivity index (χ0v) is 9.82. The van der Waals surface area contributed by atoms with Crippen LogP contribution in [-0.2, 0) is 0 Å². The molecule has 1 saturated carbocycles. The zero-order chi connectivity index (χ0) is 11.4. The van der Waals surface area contributed by atoms with Crippen LogP contribution in [0.25, 0.3) is 0 Å². The summed E-state index contributed by atoms with van der Waals surface area (Å²) in [4.78, 5) is 8.39. The van der Waals surface area contributed by atoms with Crippen LogP contribution in [0.1, 0.15) is 39.0 Å². The number of hydrogen-bond acceptors (Lipinski definition) is 4. The molecule has 1 heterocycles. The Hall–Kier alpha value is -1.32. The van der Waals surface area contributed by atoms with Crippen molar-refractivity contribution < 1.29 is 0 Å². The number of hydrogen-bond donors (Lipinski definition) is 2. The third-order valence-corrected chi connectivity index (χ3v) is 3.42. The van der Waals surface area contributed by atoms with Crippen LogP contribution in [0.15, 0.2) is 12.4 Å². The van der Waals surface area contributed by atoms with Crippen molar-refractivity contribution in [2.24, 2.45) is 5.92 Å². The Bertz CT molecular complexity index is 322. The maximum Gasteiger partial charge on any atom is 0.222 e. The van der Waals surface area contributed by atoms with Crippen molar-refractivity contribution >= 4 is 11.6 Å². The second kappa shape index (κ2) is 5.14. The van der Waals surface area contributed by atoms with Crippen LogP contribution in [0.4, 0.5) is 11.6 Å². The molecular formula is C12H20N4. The lowest BCUT2D eigenvalue weighted by atomic mass is 9.83. The van der Waals surface area contributed by atoms with E-state index in [0.29, 0.717) is 17.7 Å². The Balaban J connectivity index is 1.99. The van der Waals surface area contributed by atoms with E-state index in [-0.39, 0.29) is 0 Å². The van der Waals surface area contributed by atoms with E-state index in [4.69, 9.17) is 5.73 Å². The molecule has 0 aliphatic heterocycles. The van der Waals surface area contributed by atoms with Gasteiger partial charge in [0, 0.05) is 6.04 Å². The molecule has 1 aromatic heterocycles. The molecule has 4 nitrogen and oxygen atoms in total. The molecular weight excluding hydrogens is 200 g/mol. The summed E-state index contributed by atoms with van der Waals surface area (Å²) >= 11 is 0. The van der Waals surface area contributed by atoms with Gasteiger partial charge >= 0.3 is 0 Å². The molecule has 0 radical (unpaired) electrons. The maximum atomic E-state index is 5.56. The van der Waals surface area contributed by atoms with Crippen molar-refractivity contribution in [2.45, 2.75) is 45.1 Å². The molecule has 2 unspecified atom stereocenters. The summed E-state index contributed by atoms with van der Waals surface area (Å²) in [6, 6.07) is 0.530. The SMILES string of the molecule is CCC1CCCCC1Nc1ncc(N)cn1. The van der Waals surface area contributed by atoms with Crippen LogP contribution in [-0.4, -0.2) is 16.0 Å². The van der Waals surface area contributed by atoms with Gasteiger partial charge in [0.05, 0.1) is 18.1 Å². The van der Waals surface area contributed by atoms with Gasteiger partial charge in [0.15, 0.2) is 0 Å². The zero-order valence-electron chi connectivity index (χ0n) is 9.82. The molecule has 1 fully saturated rings. The van der Waals surface area contributed by atoms with Gasteiger partial charge in [-0.25, -0.2) is 9.97 Å². The van der Waals surface area contributed by atoms with Gasteiger partial charge in [-0.2, -0.15) is 0 Å². The largest absolute Gasteiger partial charge is 0.396 e. The Kier molecular flexibility index (Phi) is 3.59. The summed E-state index contributed by atoms with van der Waals surface area (Å²) in [5.74, 6) is 1.47. The van der Waals surface area contributed by atoms with Crippen LogP contribution in [0.3, 0.4) is 0 Å². The molecule has 3 N–H and O–H groups in total. The van der Waals surface area contributed by atoms with Crippen molar-refractivity contribution in [2.75, 3.05) is 11.1 Å². The Morgan fingerprint density at radius 1 is 1.31 bits per heavy atom. The quantitative estimate of drug-likeness (QED) is 0.821. The van der Waals surface area contributed by atoms with E-state index in [1.165, 1.54) is 32.1 Å². The smallest absolute Gasteiger partial charge is 0.222 e. The van der Waals surface area contributed by atoms with Crippen LogP contribution in [0, 0.1) is 5.92 Å². The van der Waals surface area contributed by atoms with Gasteiger partial charge in [-0.3, -0.25) is 0 Å². The fourth-order valence-electron chi connectivity index (χ4n) is 2.46. The minimum Gasteiger partial charge on any atom is -0.396 e. The lowest BCUT2D eigenvalue weighted by molar-refractivity contribution is 0.316. The van der Waals surface area contributed by atoms with Gasteiger partial charge in [0.2, 0.25) is 5.95 Å². The molecule has 2 rings (SSSR count). The highest BCUT2D eigenvalue weighted by atomic mass is 15.1. The van der Waals surface area contributed by atoms with E-state index in [2.05, 4.69) is 22.2 Å². The molecule has 0 saturated heterocycles. The average Bonchev–Trinajstić information content (AvgIpc) is 2.33. The number of nitrogens with two attached hydrogens (primary N) is 1. The average molecular weight is 220 g/mol. The van der Waals surface area contributed by atoms with Crippen LogP contribution < -0.4 is 11.1 Å². The highest BCUT2D eigenvalue weighted by Gasteiger charge is 2.23. The number of nitrogens with zero attached hydrogens (tertiary/aromatic N) is 2. The highest BCUT2D eigenvalue weighted by Crippen LogP contribution is 2.28. The maximum absolute atomic E-state index is 5.56. The predicted octanol–water partition coefficient (Wildman–Crippen LogP) is 2.44. The van der Waals surface area contributed by atoms with Gasteiger partial charge in [-0.1, -0.05) is 26.2 Å². The first-order valence-electron chi connectivity index (χ1n) is 6.13. The standard InChI is InChI=1S/C12H20N4/c1-2-9-5-3-4-6-11(9)16-12-14-7-10(13)8-15-12/h7-9,11H,2-6,13H2,1H3,(H,14,15,16). The van der Waals surface area contributed by atoms with E-state index in [9.17, 15) is 0 Å². The van der Waals surface area contributed by atoms with Crippen molar-refractivity contribution in [3.05, 3.63) is 12.4 Å². The molecule has 1 aromatic rings. The fraction of sp³-hybridized carbons (Fsp3) is 0.667. The summed E-state index contributed by atoms with van der Waals surface area (Å²) in [6.45, 7) is 2.26. The molecule has 0 bridgehead atoms. The molecule has 1 aliphatic rings. The number of nitrogens with one attached hydrogen (secondary N) is 1. The fourth-order valence-corrected chi connectivity index (χ4v) is 2.46. The van der Waals surface area contributed by atoms with Gasteiger partial charge < -0.3 is 11.1 Å². The number of rotatable bonds is 3. The monoisotopic (exact) mass is 220 g/mol. The van der Waals surface area contributed by atoms with Crippen molar-refractivity contribution in [3.8, 4) is 0 Å². The van der Waals surface area contributed by atoms with Crippen LogP contribution in [0.5, 0.6) is 0 Å². The number of nitrogen functional groups attached to an aromatic ring is 1. The topological polar surface area (TPSA) is 63.8 Å². The number of anilines is 2. The van der Waals surface area contributed by atoms with E-state index < -0.39 is 0 Å². The third kappa shape index (κ3) is 2.62. The van der Waals surface area contributed by atoms with Crippen LogP contribution >= 0.6 is 0 Å². The summed E-state index contributed by atoms with van der Waals surface area (Å²) < 4.78 is 0. The number of aromatic nitrogens is 2. The van der Waals surface area contributed by atoms with E-state index in [0.717, 1.165) is 5.92 Å². The molecule has 2 atom stereocenters. The molecule has 1 aliphatic carbocycles. The van der Waals surface area contributed by atoms with Crippen molar-refractivity contribution in [1.29, 1.82) is 0 Å². The van der Waals surface area contributed by atoms with Gasteiger partial charge in [0.1, 0.15) is 0 Å². The van der Waals surface area contributed by atoms with Crippen molar-refractivity contribution in [1.82, 2.24) is 9.97 Å². The minimum atomic E-state index is 0.530. The third-order valence-electron chi connectivity index (χ3n) is 3.42. The lowest BCUT2D eigenvalue weighted by Crippen LogP contribution is -2.32. The summed E-state index contributed by atoms with van der Waals surface area (Å²) in [7, 11) is 0. The van der Waals surface area contributed by atoms with E-state index in [1.807, 2.05) is 0 Å². The Labute approximate surface area is 96.7 Å². The first-order chi connectivity index (χ1) is 7.79. The molecule has 0 aromatic carbocycles. The van der Waals surface area contributed by atoms with E-state index in [1.54, 1.807) is 12.4 Å². The van der Waals surface area contributed by atoms with E-state index >= 15 is 0 Å². The second-order valence-corrected chi connectivity index (χ2v) is 4.54. The van der Waals surface area contributed by atoms with Crippen LogP contribution in [0.2, 0.25) is 0 Å². The first kappa shape index (κ1) is 11.2. The molecule has 0 spiro atoms. The van der Waals surface area contributed by atoms with Crippen molar-refractivity contribution in [3.63, 3.8) is 0 Å². The predicted molar refractivity (Wildman–Crippen MR) is 66.1 cm³/mol. The Morgan fingerprint density at radius 2 is 2.00 bits per heavy atom. The van der Waals surface area contributed by atoms with Gasteiger partial charge in [0.25, 0.3) is 0 Å². The second-order valence-electron chi connectivity index (χ2n) is 4.54. The first-order valence-corrected chi connectivity index (χ1v) is 6.13. The normalized spacial score (nSPS) is 25.3. The molecule has 4 heteroatoms. The minimum absolute atomic E-state index is 0.530. The highest BCUT2D eigenvalue weighted by molar-refractivity contribution is 5.36. The Morgan fingerprint density at radius 3 is 2.69 bits per heavy atom. The van der Waals surface area contributed by atoms with Gasteiger partial charge in [-0.05, 0) is 18.8 Å². The lowest BCUT2D eigenvalue weighted by Gasteiger charge is -2.31. The summed E-state index contributed by atoms with van der Waals surface area (Å²) in [5.41, 5.74) is 6.17. The van der Waals surface area contributed by atoms with Gasteiger partial charge in [-0.15, -0.1) is 0 Å². The summed E-state index contributed by atoms with van der Waals surface area (Å²) in [5, 5.41) is 3.43.